The molecule has 1 aliphatic rings. The third-order valence-corrected chi connectivity index (χ3v) is 8.43. The zero-order valence-corrected chi connectivity index (χ0v) is 27.4. The highest BCUT2D eigenvalue weighted by molar-refractivity contribution is 5.96. The van der Waals surface area contributed by atoms with Crippen molar-refractivity contribution in [2.75, 3.05) is 6.54 Å². The van der Waals surface area contributed by atoms with Gasteiger partial charge in [0.1, 0.15) is 23.7 Å². The number of H-pyrrole nitrogens is 1. The molecule has 0 spiro atoms. The topological polar surface area (TPSA) is 253 Å². The first kappa shape index (κ1) is 36.1. The molecule has 0 aliphatic heterocycles. The van der Waals surface area contributed by atoms with E-state index in [-0.39, 0.29) is 44.6 Å². The molecule has 0 saturated heterocycles. The Labute approximate surface area is 284 Å². The summed E-state index contributed by atoms with van der Waals surface area (Å²) in [4.78, 5) is 77.2. The van der Waals surface area contributed by atoms with Crippen LogP contribution in [-0.4, -0.2) is 75.7 Å². The maximum atomic E-state index is 14.0. The fourth-order valence-corrected chi connectivity index (χ4v) is 5.88. The minimum absolute atomic E-state index is 0.0829. The van der Waals surface area contributed by atoms with Crippen LogP contribution >= 0.6 is 0 Å². The van der Waals surface area contributed by atoms with Crippen molar-refractivity contribution in [1.29, 1.82) is 0 Å². The second-order valence-corrected chi connectivity index (χ2v) is 12.2. The van der Waals surface area contributed by atoms with Gasteiger partial charge in [0, 0.05) is 44.6 Å². The van der Waals surface area contributed by atoms with Gasteiger partial charge in [-0.25, -0.2) is 4.98 Å². The molecule has 0 saturated carbocycles. The van der Waals surface area contributed by atoms with Gasteiger partial charge >= 0.3 is 0 Å². The molecule has 3 aromatic rings. The van der Waals surface area contributed by atoms with Crippen molar-refractivity contribution >= 4 is 35.5 Å². The zero-order chi connectivity index (χ0) is 35.4. The van der Waals surface area contributed by atoms with E-state index in [1.165, 1.54) is 19.4 Å². The Morgan fingerprint density at radius 1 is 0.857 bits per heavy atom. The number of fused-ring (bicyclic) bond motifs is 1. The Morgan fingerprint density at radius 2 is 1.51 bits per heavy atom. The number of primary amides is 1. The first-order valence-electron chi connectivity index (χ1n) is 16.1. The molecule has 49 heavy (non-hydrogen) atoms. The Hall–Kier alpha value is -5.73. The van der Waals surface area contributed by atoms with Crippen LogP contribution in [0.2, 0.25) is 0 Å². The first-order valence-corrected chi connectivity index (χ1v) is 16.1. The highest BCUT2D eigenvalue weighted by Gasteiger charge is 2.42. The average molecular weight is 673 g/mol. The van der Waals surface area contributed by atoms with Gasteiger partial charge in [-0.2, -0.15) is 0 Å². The smallest absolute Gasteiger partial charge is 0.243 e. The normalized spacial score (nSPS) is 16.9. The fourth-order valence-electron chi connectivity index (χ4n) is 5.88. The highest BCUT2D eigenvalue weighted by atomic mass is 16.2. The molecule has 2 aromatic carbocycles. The maximum absolute atomic E-state index is 14.0. The zero-order valence-electron chi connectivity index (χ0n) is 27.4. The molecule has 15 heteroatoms. The molecule has 0 bridgehead atoms. The van der Waals surface area contributed by atoms with Gasteiger partial charge in [0.2, 0.25) is 29.5 Å². The molecule has 4 rings (SSSR count). The molecule has 15 nitrogen and oxygen atoms in total. The van der Waals surface area contributed by atoms with Crippen LogP contribution < -0.4 is 38.5 Å². The molecule has 1 heterocycles. The summed E-state index contributed by atoms with van der Waals surface area (Å²) < 4.78 is 0. The molecule has 5 amide bonds. The second kappa shape index (κ2) is 16.9. The van der Waals surface area contributed by atoms with E-state index in [2.05, 4.69) is 36.2 Å². The van der Waals surface area contributed by atoms with Gasteiger partial charge in [-0.1, -0.05) is 54.6 Å². The molecule has 260 valence electrons. The number of aromatic nitrogens is 2. The SMILES string of the molecule is CC(=O)N[C@@H](Cc1cnc[nH]1)C(=O)N[C@H](Cc1ccccc1)C(=O)N[C@@H](CCCN=C(N)N)C(=O)NC1(C(N)=O)CCc2ccccc2C1. The summed E-state index contributed by atoms with van der Waals surface area (Å²) in [5.74, 6) is -3.11. The molecule has 1 aliphatic carbocycles. The molecular formula is C34H44N10O5. The Morgan fingerprint density at radius 3 is 2.14 bits per heavy atom. The summed E-state index contributed by atoms with van der Waals surface area (Å²) in [7, 11) is 0. The number of imidazole rings is 1. The summed E-state index contributed by atoms with van der Waals surface area (Å²) in [5.41, 5.74) is 18.8. The fraction of sp³-hybridized carbons (Fsp3) is 0.382. The molecule has 0 radical (unpaired) electrons. The van der Waals surface area contributed by atoms with Crippen LogP contribution in [0.25, 0.3) is 0 Å². The number of carbonyl (C=O) groups is 5. The number of nitrogens with two attached hydrogens (primary N) is 3. The van der Waals surface area contributed by atoms with E-state index in [1.54, 1.807) is 24.3 Å². The number of nitrogens with zero attached hydrogens (tertiary/aromatic N) is 2. The Balaban J connectivity index is 1.57. The van der Waals surface area contributed by atoms with Crippen molar-refractivity contribution in [3.63, 3.8) is 0 Å². The van der Waals surface area contributed by atoms with Crippen LogP contribution in [-0.2, 0) is 49.7 Å². The number of carbonyl (C=O) groups excluding carboxylic acids is 5. The molecule has 1 unspecified atom stereocenters. The largest absolute Gasteiger partial charge is 0.370 e. The number of aromatic amines is 1. The van der Waals surface area contributed by atoms with Gasteiger partial charge in [-0.3, -0.25) is 29.0 Å². The predicted molar refractivity (Wildman–Crippen MR) is 182 cm³/mol. The second-order valence-electron chi connectivity index (χ2n) is 12.2. The quantitative estimate of drug-likeness (QED) is 0.0545. The summed E-state index contributed by atoms with van der Waals surface area (Å²) in [6.07, 6.45) is 4.61. The number of nitrogens with one attached hydrogen (secondary N) is 5. The highest BCUT2D eigenvalue weighted by Crippen LogP contribution is 2.29. The average Bonchev–Trinajstić information content (AvgIpc) is 3.58. The predicted octanol–water partition coefficient (Wildman–Crippen LogP) is -0.748. The lowest BCUT2D eigenvalue weighted by Crippen LogP contribution is -2.64. The van der Waals surface area contributed by atoms with Crippen LogP contribution in [0.5, 0.6) is 0 Å². The molecular weight excluding hydrogens is 628 g/mol. The number of amides is 5. The van der Waals surface area contributed by atoms with E-state index in [0.717, 1.165) is 16.7 Å². The number of hydrogen-bond donors (Lipinski definition) is 8. The third kappa shape index (κ3) is 10.4. The molecule has 11 N–H and O–H groups in total. The number of benzene rings is 2. The number of aliphatic imine (C=N–C) groups is 1. The van der Waals surface area contributed by atoms with E-state index in [4.69, 9.17) is 17.2 Å². The summed E-state index contributed by atoms with van der Waals surface area (Å²) in [6.45, 7) is 1.48. The summed E-state index contributed by atoms with van der Waals surface area (Å²) in [6, 6.07) is 13.4. The summed E-state index contributed by atoms with van der Waals surface area (Å²) in [5, 5.41) is 11.0. The van der Waals surface area contributed by atoms with Crippen molar-refractivity contribution in [2.45, 2.75) is 75.5 Å². The Kier molecular flexibility index (Phi) is 12.5. The van der Waals surface area contributed by atoms with E-state index < -0.39 is 53.2 Å². The van der Waals surface area contributed by atoms with Crippen molar-refractivity contribution in [3.05, 3.63) is 89.5 Å². The van der Waals surface area contributed by atoms with Crippen LogP contribution in [0.15, 0.2) is 72.1 Å². The molecule has 1 aromatic heterocycles. The monoisotopic (exact) mass is 672 g/mol. The van der Waals surface area contributed by atoms with Crippen molar-refractivity contribution in [1.82, 2.24) is 31.2 Å². The van der Waals surface area contributed by atoms with Crippen LogP contribution in [0, 0.1) is 0 Å². The molecule has 0 fully saturated rings. The standard InChI is InChI=1S/C34H44N10O5/c1-21(45)41-28(17-25-19-38-20-40-25)30(47)43-27(16-22-8-3-2-4-9-22)29(46)42-26(12-7-15-39-33(36)37)31(48)44-34(32(35)49)14-13-23-10-5-6-11-24(23)18-34/h2-6,8-11,19-20,26-28H,7,12-18H2,1H3,(H2,35,49)(H,38,40)(H,41,45)(H,42,46)(H,43,47)(H,44,48)(H4,36,37,39)/t26-,27+,28-,34?/m0/s1. The lowest BCUT2D eigenvalue weighted by atomic mass is 9.77. The van der Waals surface area contributed by atoms with Crippen LogP contribution in [0.1, 0.15) is 48.6 Å². The number of rotatable bonds is 16. The van der Waals surface area contributed by atoms with Gasteiger partial charge in [0.05, 0.1) is 6.33 Å². The van der Waals surface area contributed by atoms with Gasteiger partial charge in [0.15, 0.2) is 5.96 Å². The van der Waals surface area contributed by atoms with E-state index in [9.17, 15) is 24.0 Å². The summed E-state index contributed by atoms with van der Waals surface area (Å²) >= 11 is 0. The Bertz CT molecular complexity index is 1640. The van der Waals surface area contributed by atoms with Crippen molar-refractivity contribution < 1.29 is 24.0 Å². The van der Waals surface area contributed by atoms with Gasteiger partial charge < -0.3 is 43.5 Å². The van der Waals surface area contributed by atoms with Crippen LogP contribution in [0.3, 0.4) is 0 Å². The van der Waals surface area contributed by atoms with E-state index in [0.29, 0.717) is 18.5 Å². The van der Waals surface area contributed by atoms with E-state index in [1.807, 2.05) is 30.3 Å². The van der Waals surface area contributed by atoms with Gasteiger partial charge in [-0.05, 0) is 42.4 Å². The van der Waals surface area contributed by atoms with E-state index >= 15 is 0 Å². The molecule has 4 atom stereocenters. The van der Waals surface area contributed by atoms with Crippen LogP contribution in [0.4, 0.5) is 0 Å². The maximum Gasteiger partial charge on any atom is 0.243 e. The third-order valence-electron chi connectivity index (χ3n) is 8.43. The van der Waals surface area contributed by atoms with Gasteiger partial charge in [-0.15, -0.1) is 0 Å². The van der Waals surface area contributed by atoms with Crippen molar-refractivity contribution in [2.24, 2.45) is 22.2 Å². The number of aryl methyl sites for hydroxylation is 1. The van der Waals surface area contributed by atoms with Gasteiger partial charge in [0.25, 0.3) is 0 Å². The number of hydrogen-bond acceptors (Lipinski definition) is 7. The first-order chi connectivity index (χ1) is 23.5. The lowest BCUT2D eigenvalue weighted by Gasteiger charge is -2.37. The minimum Gasteiger partial charge on any atom is -0.370 e. The minimum atomic E-state index is -1.37. The lowest BCUT2D eigenvalue weighted by molar-refractivity contribution is -0.136. The van der Waals surface area contributed by atoms with Crippen molar-refractivity contribution in [3.8, 4) is 0 Å². The number of guanidine groups is 1.